The highest BCUT2D eigenvalue weighted by molar-refractivity contribution is 5.92. The van der Waals surface area contributed by atoms with Gasteiger partial charge >= 0.3 is 5.97 Å². The maximum absolute atomic E-state index is 15.5. The molecular weight excluding hydrogens is 563 g/mol. The first-order valence-corrected chi connectivity index (χ1v) is 13.3. The van der Waals surface area contributed by atoms with Gasteiger partial charge in [0, 0.05) is 31.2 Å². The number of aromatic nitrogens is 3. The third-order valence-electron chi connectivity index (χ3n) is 6.97. The maximum atomic E-state index is 15.5. The van der Waals surface area contributed by atoms with Crippen LogP contribution in [-0.4, -0.2) is 46.4 Å². The Balaban J connectivity index is 1.45. The number of imidazole rings is 1. The number of hydrogen-bond donors (Lipinski definition) is 1. The van der Waals surface area contributed by atoms with E-state index in [1.165, 1.54) is 44.6 Å². The summed E-state index contributed by atoms with van der Waals surface area (Å²) >= 11 is 0. The van der Waals surface area contributed by atoms with Gasteiger partial charge in [-0.3, -0.25) is 0 Å². The molecule has 0 aliphatic heterocycles. The highest BCUT2D eigenvalue weighted by atomic mass is 19.1. The maximum Gasteiger partial charge on any atom is 0.335 e. The van der Waals surface area contributed by atoms with Crippen molar-refractivity contribution in [1.82, 2.24) is 14.5 Å². The van der Waals surface area contributed by atoms with E-state index in [0.29, 0.717) is 35.6 Å². The lowest BCUT2D eigenvalue weighted by Crippen LogP contribution is -2.10. The zero-order valence-electron chi connectivity index (χ0n) is 23.7. The van der Waals surface area contributed by atoms with Crippen LogP contribution in [-0.2, 0) is 24.3 Å². The van der Waals surface area contributed by atoms with Crippen molar-refractivity contribution in [3.63, 3.8) is 0 Å². The van der Waals surface area contributed by atoms with E-state index in [9.17, 15) is 14.3 Å². The number of carboxylic acid groups (broad SMARTS) is 1. The van der Waals surface area contributed by atoms with Gasteiger partial charge in [0.2, 0.25) is 0 Å². The van der Waals surface area contributed by atoms with Crippen molar-refractivity contribution in [2.45, 2.75) is 26.5 Å². The van der Waals surface area contributed by atoms with Crippen molar-refractivity contribution < 1.29 is 37.3 Å². The summed E-state index contributed by atoms with van der Waals surface area (Å²) in [4.78, 5) is 20.4. The molecule has 0 amide bonds. The van der Waals surface area contributed by atoms with Crippen molar-refractivity contribution in [3.8, 4) is 22.9 Å². The smallest absolute Gasteiger partial charge is 0.335 e. The summed E-state index contributed by atoms with van der Waals surface area (Å²) in [5, 5.41) is 9.41. The van der Waals surface area contributed by atoms with Crippen LogP contribution >= 0.6 is 0 Å². The fraction of sp³-hybridized carbons (Fsp3) is 0.219. The Morgan fingerprint density at radius 2 is 1.70 bits per heavy atom. The zero-order chi connectivity index (χ0) is 30.7. The van der Waals surface area contributed by atoms with Gasteiger partial charge in [0.15, 0.2) is 5.75 Å². The van der Waals surface area contributed by atoms with Gasteiger partial charge in [0.05, 0.1) is 36.0 Å². The number of aryl methyl sites for hydroxylation is 1. The number of benzene rings is 3. The van der Waals surface area contributed by atoms with Gasteiger partial charge in [0.25, 0.3) is 5.88 Å². The molecule has 0 fully saturated rings. The first kappa shape index (κ1) is 29.6. The predicted octanol–water partition coefficient (Wildman–Crippen LogP) is 6.35. The lowest BCUT2D eigenvalue weighted by molar-refractivity contribution is 0.0697. The molecule has 43 heavy (non-hydrogen) atoms. The minimum absolute atomic E-state index is 0.00329. The minimum atomic E-state index is -1.09. The molecule has 0 spiro atoms. The highest BCUT2D eigenvalue weighted by Gasteiger charge is 2.19. The van der Waals surface area contributed by atoms with Crippen LogP contribution in [0.15, 0.2) is 60.7 Å². The number of nitrogens with zero attached hydrogens (tertiary/aromatic N) is 3. The van der Waals surface area contributed by atoms with E-state index < -0.39 is 23.4 Å². The Morgan fingerprint density at radius 1 is 0.907 bits per heavy atom. The van der Waals surface area contributed by atoms with Gasteiger partial charge in [-0.2, -0.15) is 0 Å². The summed E-state index contributed by atoms with van der Waals surface area (Å²) in [7, 11) is 2.94. The van der Waals surface area contributed by atoms with Gasteiger partial charge in [0.1, 0.15) is 29.9 Å². The molecule has 2 heterocycles. The number of aromatic carboxylic acids is 1. The average Bonchev–Trinajstić information content (AvgIpc) is 3.33. The van der Waals surface area contributed by atoms with E-state index in [4.69, 9.17) is 14.2 Å². The second kappa shape index (κ2) is 12.5. The highest BCUT2D eigenvalue weighted by Crippen LogP contribution is 2.32. The summed E-state index contributed by atoms with van der Waals surface area (Å²) in [6.45, 7) is 2.26. The Morgan fingerprint density at radius 3 is 2.42 bits per heavy atom. The quantitative estimate of drug-likeness (QED) is 0.191. The summed E-state index contributed by atoms with van der Waals surface area (Å²) in [5.41, 5.74) is 2.26. The van der Waals surface area contributed by atoms with E-state index in [0.717, 1.165) is 17.7 Å². The van der Waals surface area contributed by atoms with E-state index in [2.05, 4.69) is 9.97 Å². The SMILES string of the molecule is COCCn1c(Cc2cc(F)c(-c3ccc(OC)c(OCc4ccc(C)cc4F)n3)cc2F)nc2ccc(C(=O)O)cc21. The fourth-order valence-electron chi connectivity index (χ4n) is 4.71. The second-order valence-corrected chi connectivity index (χ2v) is 9.87. The molecular formula is C32H28F3N3O5. The molecule has 1 N–H and O–H groups in total. The van der Waals surface area contributed by atoms with E-state index in [1.807, 2.05) is 0 Å². The van der Waals surface area contributed by atoms with Crippen molar-refractivity contribution in [2.24, 2.45) is 0 Å². The summed E-state index contributed by atoms with van der Waals surface area (Å²) in [6, 6.07) is 14.4. The van der Waals surface area contributed by atoms with Gasteiger partial charge in [-0.1, -0.05) is 12.1 Å². The summed E-state index contributed by atoms with van der Waals surface area (Å²) < 4.78 is 63.2. The number of rotatable bonds is 11. The molecule has 5 rings (SSSR count). The molecule has 11 heteroatoms. The van der Waals surface area contributed by atoms with Crippen LogP contribution in [0.1, 0.15) is 32.9 Å². The molecule has 0 atom stereocenters. The van der Waals surface area contributed by atoms with Gasteiger partial charge in [-0.25, -0.2) is 27.9 Å². The number of fused-ring (bicyclic) bond motifs is 1. The molecule has 5 aromatic rings. The van der Waals surface area contributed by atoms with Crippen molar-refractivity contribution in [3.05, 3.63) is 106 Å². The molecule has 0 aliphatic rings. The number of ether oxygens (including phenoxy) is 3. The van der Waals surface area contributed by atoms with E-state index >= 15 is 8.78 Å². The van der Waals surface area contributed by atoms with Crippen LogP contribution in [0.4, 0.5) is 13.2 Å². The molecule has 0 unspecified atom stereocenters. The lowest BCUT2D eigenvalue weighted by atomic mass is 10.0. The van der Waals surface area contributed by atoms with Crippen molar-refractivity contribution in [2.75, 3.05) is 20.8 Å². The van der Waals surface area contributed by atoms with Gasteiger partial charge < -0.3 is 23.9 Å². The monoisotopic (exact) mass is 591 g/mol. The minimum Gasteiger partial charge on any atom is -0.491 e. The Labute approximate surface area is 245 Å². The van der Waals surface area contributed by atoms with Crippen LogP contribution in [0.3, 0.4) is 0 Å². The molecule has 0 aliphatic carbocycles. The Bertz CT molecular complexity index is 1820. The van der Waals surface area contributed by atoms with Crippen LogP contribution < -0.4 is 9.47 Å². The number of carboxylic acids is 1. The summed E-state index contributed by atoms with van der Waals surface area (Å²) in [5.74, 6) is -2.27. The predicted molar refractivity (Wildman–Crippen MR) is 153 cm³/mol. The van der Waals surface area contributed by atoms with Gasteiger partial charge in [-0.05, 0) is 66.6 Å². The normalized spacial score (nSPS) is 11.2. The van der Waals surface area contributed by atoms with E-state index in [-0.39, 0.29) is 47.0 Å². The number of hydrogen-bond acceptors (Lipinski definition) is 6. The fourth-order valence-corrected chi connectivity index (χ4v) is 4.71. The topological polar surface area (TPSA) is 95.7 Å². The lowest BCUT2D eigenvalue weighted by Gasteiger charge is -2.13. The van der Waals surface area contributed by atoms with E-state index in [1.54, 1.807) is 29.7 Å². The molecule has 8 nitrogen and oxygen atoms in total. The largest absolute Gasteiger partial charge is 0.491 e. The zero-order valence-corrected chi connectivity index (χ0v) is 23.7. The number of carbonyl (C=O) groups is 1. The summed E-state index contributed by atoms with van der Waals surface area (Å²) in [6.07, 6.45) is -0.0592. The first-order valence-electron chi connectivity index (χ1n) is 13.3. The van der Waals surface area contributed by atoms with Crippen LogP contribution in [0, 0.1) is 24.4 Å². The van der Waals surface area contributed by atoms with Crippen molar-refractivity contribution >= 4 is 17.0 Å². The number of methoxy groups -OCH3 is 2. The molecule has 3 aromatic carbocycles. The molecule has 222 valence electrons. The first-order chi connectivity index (χ1) is 20.7. The number of pyridine rings is 1. The Hall–Kier alpha value is -4.90. The molecule has 2 aromatic heterocycles. The van der Waals surface area contributed by atoms with Crippen LogP contribution in [0.2, 0.25) is 0 Å². The van der Waals surface area contributed by atoms with Crippen LogP contribution in [0.5, 0.6) is 11.6 Å². The molecule has 0 bridgehead atoms. The van der Waals surface area contributed by atoms with Crippen LogP contribution in [0.25, 0.3) is 22.3 Å². The standard InChI is InChI=1S/C32H28F3N3O5/c1-18-4-5-20(23(33)12-18)17-43-31-29(42-3)9-8-26(37-31)22-16-24(34)21(13-25(22)35)15-30-36-27-7-6-19(32(39)40)14-28(27)38(30)10-11-41-2/h4-9,12-14,16H,10-11,15,17H2,1-3H3,(H,39,40). The molecule has 0 saturated carbocycles. The second-order valence-electron chi connectivity index (χ2n) is 9.87. The molecule has 0 saturated heterocycles. The number of halogens is 3. The average molecular weight is 592 g/mol. The van der Waals surface area contributed by atoms with Crippen molar-refractivity contribution in [1.29, 1.82) is 0 Å². The Kier molecular flexibility index (Phi) is 8.63. The third kappa shape index (κ3) is 6.31. The molecule has 0 radical (unpaired) electrons. The third-order valence-corrected chi connectivity index (χ3v) is 6.97. The van der Waals surface area contributed by atoms with Gasteiger partial charge in [-0.15, -0.1) is 0 Å².